The summed E-state index contributed by atoms with van der Waals surface area (Å²) in [4.78, 5) is 23.4. The summed E-state index contributed by atoms with van der Waals surface area (Å²) in [6, 6.07) is 13.2. The second-order valence-electron chi connectivity index (χ2n) is 5.26. The van der Waals surface area contributed by atoms with E-state index in [1.54, 1.807) is 19.1 Å². The highest BCUT2D eigenvalue weighted by Gasteiger charge is 2.08. The third kappa shape index (κ3) is 3.83. The summed E-state index contributed by atoms with van der Waals surface area (Å²) in [5, 5.41) is 23.0. The third-order valence-electron chi connectivity index (χ3n) is 3.46. The summed E-state index contributed by atoms with van der Waals surface area (Å²) in [6.45, 7) is 1.63. The van der Waals surface area contributed by atoms with Gasteiger partial charge in [0.15, 0.2) is 0 Å². The summed E-state index contributed by atoms with van der Waals surface area (Å²) < 4.78 is 0. The Hall–Kier alpha value is -3.62. The summed E-state index contributed by atoms with van der Waals surface area (Å²) in [7, 11) is 0. The van der Waals surface area contributed by atoms with E-state index in [4.69, 9.17) is 0 Å². The van der Waals surface area contributed by atoms with Gasteiger partial charge in [-0.05, 0) is 36.8 Å². The molecule has 1 aromatic heterocycles. The van der Waals surface area contributed by atoms with Crippen LogP contribution in [0.25, 0.3) is 11.0 Å². The number of rotatable bonds is 5. The van der Waals surface area contributed by atoms with Gasteiger partial charge in [-0.1, -0.05) is 12.1 Å². The number of nitrogens with one attached hydrogen (secondary N) is 1. The number of nitro groups is 1. The van der Waals surface area contributed by atoms with E-state index in [1.807, 2.05) is 24.3 Å². The molecule has 0 aliphatic rings. The van der Waals surface area contributed by atoms with Crippen molar-refractivity contribution >= 4 is 28.3 Å². The molecule has 0 spiro atoms. The van der Waals surface area contributed by atoms with Gasteiger partial charge >= 0.3 is 0 Å². The second kappa shape index (κ2) is 6.87. The number of aromatic nitrogens is 3. The lowest BCUT2D eigenvalue weighted by atomic mass is 10.1. The number of amides is 1. The summed E-state index contributed by atoms with van der Waals surface area (Å²) >= 11 is 0. The van der Waals surface area contributed by atoms with Crippen molar-refractivity contribution in [1.82, 2.24) is 20.4 Å². The molecule has 0 radical (unpaired) electrons. The fraction of sp³-hybridized carbons (Fsp3) is 0.125. The zero-order chi connectivity index (χ0) is 17.8. The van der Waals surface area contributed by atoms with Crippen molar-refractivity contribution in [3.05, 3.63) is 64.2 Å². The maximum atomic E-state index is 12.0. The van der Waals surface area contributed by atoms with Crippen molar-refractivity contribution in [1.29, 1.82) is 0 Å². The Morgan fingerprint density at radius 2 is 1.76 bits per heavy atom. The van der Waals surface area contributed by atoms with Crippen LogP contribution >= 0.6 is 0 Å². The highest BCUT2D eigenvalue weighted by atomic mass is 16.6. The molecular formula is C16H14N6O3. The molecule has 1 amide bonds. The van der Waals surface area contributed by atoms with Gasteiger partial charge in [0.1, 0.15) is 17.6 Å². The summed E-state index contributed by atoms with van der Waals surface area (Å²) in [5.74, 6) is -0.374. The van der Waals surface area contributed by atoms with E-state index in [1.165, 1.54) is 16.9 Å². The number of hydrazone groups is 1. The van der Waals surface area contributed by atoms with Gasteiger partial charge in [-0.15, -0.1) is 0 Å². The number of carbonyl (C=O) groups is 1. The largest absolute Gasteiger partial charge is 0.271 e. The predicted octanol–water partition coefficient (Wildman–Crippen LogP) is 1.88. The zero-order valence-electron chi connectivity index (χ0n) is 13.3. The number of nitro benzene ring substituents is 1. The lowest BCUT2D eigenvalue weighted by Crippen LogP contribution is -2.25. The lowest BCUT2D eigenvalue weighted by molar-refractivity contribution is -0.384. The normalized spacial score (nSPS) is 11.5. The van der Waals surface area contributed by atoms with Gasteiger partial charge < -0.3 is 0 Å². The molecule has 126 valence electrons. The highest BCUT2D eigenvalue weighted by molar-refractivity contribution is 5.99. The van der Waals surface area contributed by atoms with E-state index >= 15 is 0 Å². The Morgan fingerprint density at radius 3 is 2.32 bits per heavy atom. The minimum Gasteiger partial charge on any atom is -0.271 e. The highest BCUT2D eigenvalue weighted by Crippen LogP contribution is 2.12. The molecule has 9 nitrogen and oxygen atoms in total. The Labute approximate surface area is 142 Å². The predicted molar refractivity (Wildman–Crippen MR) is 91.0 cm³/mol. The van der Waals surface area contributed by atoms with E-state index in [0.717, 1.165) is 0 Å². The molecule has 1 heterocycles. The van der Waals surface area contributed by atoms with Gasteiger partial charge in [-0.2, -0.15) is 20.1 Å². The second-order valence-corrected chi connectivity index (χ2v) is 5.26. The number of carbonyl (C=O) groups excluding carboxylic acids is 1. The third-order valence-corrected chi connectivity index (χ3v) is 3.46. The topological polar surface area (TPSA) is 115 Å². The first-order valence-corrected chi connectivity index (χ1v) is 7.41. The van der Waals surface area contributed by atoms with Crippen molar-refractivity contribution in [3.63, 3.8) is 0 Å². The average molecular weight is 338 g/mol. The Balaban J connectivity index is 1.63. The first-order valence-electron chi connectivity index (χ1n) is 7.41. The fourth-order valence-corrected chi connectivity index (χ4v) is 2.17. The quantitative estimate of drug-likeness (QED) is 0.433. The summed E-state index contributed by atoms with van der Waals surface area (Å²) in [5.41, 5.74) is 5.05. The SMILES string of the molecule is CC(=NNC(=O)Cn1nc2ccccc2n1)c1ccc([N+](=O)[O-])cc1. The number of benzene rings is 2. The maximum absolute atomic E-state index is 12.0. The van der Waals surface area contributed by atoms with Crippen molar-refractivity contribution in [3.8, 4) is 0 Å². The lowest BCUT2D eigenvalue weighted by Gasteiger charge is -2.02. The number of nitrogens with zero attached hydrogens (tertiary/aromatic N) is 5. The van der Waals surface area contributed by atoms with Crippen LogP contribution in [0.1, 0.15) is 12.5 Å². The van der Waals surface area contributed by atoms with Crippen LogP contribution in [-0.2, 0) is 11.3 Å². The Kier molecular flexibility index (Phi) is 4.46. The average Bonchev–Trinajstić information content (AvgIpc) is 3.01. The molecule has 2 aromatic carbocycles. The van der Waals surface area contributed by atoms with Gasteiger partial charge in [-0.25, -0.2) is 5.43 Å². The Bertz CT molecular complexity index is 928. The van der Waals surface area contributed by atoms with Crippen LogP contribution in [0.3, 0.4) is 0 Å². The molecule has 0 saturated carbocycles. The first-order chi connectivity index (χ1) is 12.0. The van der Waals surface area contributed by atoms with Crippen LogP contribution in [0.4, 0.5) is 5.69 Å². The molecule has 0 atom stereocenters. The molecule has 0 aliphatic heterocycles. The van der Waals surface area contributed by atoms with Crippen LogP contribution in [0, 0.1) is 10.1 Å². The number of non-ortho nitro benzene ring substituents is 1. The minimum absolute atomic E-state index is 0.00240. The first kappa shape index (κ1) is 16.2. The minimum atomic E-state index is -0.473. The van der Waals surface area contributed by atoms with Crippen molar-refractivity contribution in [2.45, 2.75) is 13.5 Å². The van der Waals surface area contributed by atoms with Gasteiger partial charge in [0.05, 0.1) is 10.6 Å². The molecule has 3 rings (SSSR count). The van der Waals surface area contributed by atoms with Crippen LogP contribution in [0.15, 0.2) is 53.6 Å². The summed E-state index contributed by atoms with van der Waals surface area (Å²) in [6.07, 6.45) is 0. The van der Waals surface area contributed by atoms with Crippen molar-refractivity contribution < 1.29 is 9.72 Å². The van der Waals surface area contributed by atoms with Gasteiger partial charge in [0.25, 0.3) is 11.6 Å². The van der Waals surface area contributed by atoms with Crippen molar-refractivity contribution in [2.75, 3.05) is 0 Å². The van der Waals surface area contributed by atoms with Crippen LogP contribution in [-0.4, -0.2) is 31.5 Å². The Morgan fingerprint density at radius 1 is 1.16 bits per heavy atom. The van der Waals surface area contributed by atoms with E-state index in [9.17, 15) is 14.9 Å². The molecule has 0 unspecified atom stereocenters. The van der Waals surface area contributed by atoms with E-state index in [2.05, 4.69) is 20.7 Å². The molecule has 9 heteroatoms. The van der Waals surface area contributed by atoms with Crippen LogP contribution < -0.4 is 5.43 Å². The molecule has 3 aromatic rings. The van der Waals surface area contributed by atoms with Crippen LogP contribution in [0.5, 0.6) is 0 Å². The smallest absolute Gasteiger partial charge is 0.269 e. The molecule has 25 heavy (non-hydrogen) atoms. The van der Waals surface area contributed by atoms with Gasteiger partial charge in [0.2, 0.25) is 0 Å². The monoisotopic (exact) mass is 338 g/mol. The molecule has 0 fully saturated rings. The van der Waals surface area contributed by atoms with Gasteiger partial charge in [-0.3, -0.25) is 14.9 Å². The molecule has 1 N–H and O–H groups in total. The standard InChI is InChI=1S/C16H14N6O3/c1-11(12-6-8-13(9-7-12)22(24)25)17-18-16(23)10-21-19-14-4-2-3-5-15(14)20-21/h2-9H,10H2,1H3,(H,18,23). The van der Waals surface area contributed by atoms with E-state index < -0.39 is 4.92 Å². The molecule has 0 bridgehead atoms. The maximum Gasteiger partial charge on any atom is 0.269 e. The molecule has 0 aliphatic carbocycles. The van der Waals surface area contributed by atoms with Crippen molar-refractivity contribution in [2.24, 2.45) is 5.10 Å². The molecule has 0 saturated heterocycles. The zero-order valence-corrected chi connectivity index (χ0v) is 13.3. The molecular weight excluding hydrogens is 324 g/mol. The van der Waals surface area contributed by atoms with E-state index in [-0.39, 0.29) is 18.1 Å². The van der Waals surface area contributed by atoms with E-state index in [0.29, 0.717) is 22.3 Å². The van der Waals surface area contributed by atoms with Crippen LogP contribution in [0.2, 0.25) is 0 Å². The number of hydrogen-bond donors (Lipinski definition) is 1. The number of hydrogen-bond acceptors (Lipinski definition) is 6. The number of fused-ring (bicyclic) bond motifs is 1. The van der Waals surface area contributed by atoms with Gasteiger partial charge in [0, 0.05) is 12.1 Å². The fourth-order valence-electron chi connectivity index (χ4n) is 2.17.